The summed E-state index contributed by atoms with van der Waals surface area (Å²) in [4.78, 5) is 13.1. The van der Waals surface area contributed by atoms with Crippen molar-refractivity contribution in [2.75, 3.05) is 7.11 Å². The van der Waals surface area contributed by atoms with E-state index in [4.69, 9.17) is 9.47 Å². The molecule has 0 saturated heterocycles. The largest absolute Gasteiger partial charge is 0.504 e. The SMILES string of the molecule is COc1cc(C=CC(=O)OC2CCC34CC35CCC3(C)C(C(C)CC=CC(C)(C)O)CCC3(C)C5CCC4C2(C)C)ccc1O. The number of carbonyl (C=O) groups excluding carboxylic acids is 1. The number of phenols is 1. The number of fused-ring (bicyclic) bond motifs is 2. The van der Waals surface area contributed by atoms with E-state index in [1.807, 2.05) is 19.9 Å². The zero-order chi connectivity index (χ0) is 32.6. The zero-order valence-corrected chi connectivity index (χ0v) is 29.1. The average molecular weight is 619 g/mol. The molecule has 1 aromatic rings. The van der Waals surface area contributed by atoms with Gasteiger partial charge in [0, 0.05) is 11.5 Å². The molecule has 0 bridgehead atoms. The Morgan fingerprint density at radius 3 is 2.42 bits per heavy atom. The Labute approximate surface area is 271 Å². The summed E-state index contributed by atoms with van der Waals surface area (Å²) >= 11 is 0. The van der Waals surface area contributed by atoms with Crippen LogP contribution in [0.1, 0.15) is 118 Å². The number of aliphatic hydroxyl groups is 1. The van der Waals surface area contributed by atoms with E-state index in [0.717, 1.165) is 30.2 Å². The molecule has 9 atom stereocenters. The Hall–Kier alpha value is -2.27. The first kappa shape index (κ1) is 32.7. The summed E-state index contributed by atoms with van der Waals surface area (Å²) in [6.45, 7) is 16.3. The second-order valence-corrected chi connectivity index (χ2v) is 17.5. The average Bonchev–Trinajstić information content (AvgIpc) is 3.55. The number of hydrogen-bond donors (Lipinski definition) is 2. The number of phenolic OH excluding ortho intramolecular Hbond substituents is 1. The molecule has 2 N–H and O–H groups in total. The number of ether oxygens (including phenoxy) is 2. The highest BCUT2D eigenvalue weighted by Gasteiger charge is 2.82. The predicted octanol–water partition coefficient (Wildman–Crippen LogP) is 9.12. The highest BCUT2D eigenvalue weighted by atomic mass is 16.5. The highest BCUT2D eigenvalue weighted by molar-refractivity contribution is 5.87. The molecule has 9 unspecified atom stereocenters. The van der Waals surface area contributed by atoms with E-state index in [9.17, 15) is 15.0 Å². The summed E-state index contributed by atoms with van der Waals surface area (Å²) < 4.78 is 11.4. The lowest BCUT2D eigenvalue weighted by molar-refractivity contribution is -0.179. The van der Waals surface area contributed by atoms with Crippen molar-refractivity contribution in [1.82, 2.24) is 0 Å². The minimum Gasteiger partial charge on any atom is -0.504 e. The topological polar surface area (TPSA) is 76.0 Å². The third kappa shape index (κ3) is 5.00. The highest BCUT2D eigenvalue weighted by Crippen LogP contribution is 2.89. The van der Waals surface area contributed by atoms with Gasteiger partial charge in [-0.2, -0.15) is 0 Å². The molecule has 5 aliphatic carbocycles. The smallest absolute Gasteiger partial charge is 0.331 e. The van der Waals surface area contributed by atoms with Crippen LogP contribution in [-0.4, -0.2) is 35.0 Å². The third-order valence-electron chi connectivity index (χ3n) is 14.7. The molecule has 5 fully saturated rings. The monoisotopic (exact) mass is 618 g/mol. The number of allylic oxidation sites excluding steroid dienone is 1. The molecule has 0 heterocycles. The third-order valence-corrected chi connectivity index (χ3v) is 14.7. The summed E-state index contributed by atoms with van der Waals surface area (Å²) in [6.07, 6.45) is 19.9. The molecule has 0 amide bonds. The van der Waals surface area contributed by atoms with Gasteiger partial charge in [0.25, 0.3) is 0 Å². The first-order valence-electron chi connectivity index (χ1n) is 17.7. The fourth-order valence-corrected chi connectivity index (χ4v) is 12.4. The molecule has 1 aromatic carbocycles. The number of benzene rings is 1. The Bertz CT molecular complexity index is 1370. The summed E-state index contributed by atoms with van der Waals surface area (Å²) in [6, 6.07) is 5.06. The van der Waals surface area contributed by atoms with Gasteiger partial charge in [0.15, 0.2) is 11.5 Å². The summed E-state index contributed by atoms with van der Waals surface area (Å²) in [5, 5.41) is 20.1. The lowest BCUT2D eigenvalue weighted by atomic mass is 9.41. The van der Waals surface area contributed by atoms with E-state index in [-0.39, 0.29) is 23.2 Å². The van der Waals surface area contributed by atoms with Crippen LogP contribution in [0.4, 0.5) is 0 Å². The van der Waals surface area contributed by atoms with Gasteiger partial charge in [-0.25, -0.2) is 4.79 Å². The number of esters is 1. The van der Waals surface area contributed by atoms with Crippen molar-refractivity contribution < 1.29 is 24.5 Å². The lowest BCUT2D eigenvalue weighted by Gasteiger charge is -2.63. The maximum atomic E-state index is 13.1. The molecule has 0 aromatic heterocycles. The van der Waals surface area contributed by atoms with Gasteiger partial charge in [-0.3, -0.25) is 0 Å². The number of carbonyl (C=O) groups is 1. The van der Waals surface area contributed by atoms with Crippen LogP contribution < -0.4 is 4.74 Å². The van der Waals surface area contributed by atoms with Crippen molar-refractivity contribution in [2.24, 2.45) is 50.7 Å². The Kier molecular flexibility index (Phi) is 7.90. The zero-order valence-electron chi connectivity index (χ0n) is 29.1. The van der Waals surface area contributed by atoms with E-state index < -0.39 is 5.60 Å². The van der Waals surface area contributed by atoms with E-state index in [0.29, 0.717) is 39.2 Å². The van der Waals surface area contributed by atoms with Gasteiger partial charge in [0.1, 0.15) is 6.10 Å². The van der Waals surface area contributed by atoms with Crippen molar-refractivity contribution in [3.05, 3.63) is 42.0 Å². The van der Waals surface area contributed by atoms with Crippen LogP contribution in [0.25, 0.3) is 6.08 Å². The lowest BCUT2D eigenvalue weighted by Crippen LogP contribution is -2.58. The number of rotatable bonds is 8. The molecule has 0 aliphatic heterocycles. The second-order valence-electron chi connectivity index (χ2n) is 17.5. The van der Waals surface area contributed by atoms with Crippen molar-refractivity contribution in [1.29, 1.82) is 0 Å². The number of aromatic hydroxyl groups is 1. The predicted molar refractivity (Wildman–Crippen MR) is 180 cm³/mol. The maximum absolute atomic E-state index is 13.1. The van der Waals surface area contributed by atoms with E-state index in [2.05, 4.69) is 40.7 Å². The van der Waals surface area contributed by atoms with Crippen molar-refractivity contribution >= 4 is 12.0 Å². The molecule has 0 radical (unpaired) electrons. The quantitative estimate of drug-likeness (QED) is 0.173. The summed E-state index contributed by atoms with van der Waals surface area (Å²) in [7, 11) is 1.52. The number of hydrogen-bond acceptors (Lipinski definition) is 5. The molecule has 45 heavy (non-hydrogen) atoms. The molecular weight excluding hydrogens is 560 g/mol. The fraction of sp³-hybridized carbons (Fsp3) is 0.725. The van der Waals surface area contributed by atoms with Crippen LogP contribution >= 0.6 is 0 Å². The Morgan fingerprint density at radius 2 is 1.71 bits per heavy atom. The van der Waals surface area contributed by atoms with E-state index >= 15 is 0 Å². The standard InChI is InChI=1S/C40H58O5/c1-26(10-9-19-35(2,3)43)28-17-20-38(7)32-15-14-31-36(4,5)33(18-21-39(31)25-40(32,39)23-22-37(28,38)6)45-34(42)16-12-27-11-13-29(41)30(24-27)44-8/h9,11-13,16,19,24,26,28,31-33,41,43H,10,14-15,17-18,20-23,25H2,1-8H3. The van der Waals surface area contributed by atoms with E-state index in [1.165, 1.54) is 64.6 Å². The minimum absolute atomic E-state index is 0.0564. The van der Waals surface area contributed by atoms with Gasteiger partial charge >= 0.3 is 5.97 Å². The first-order chi connectivity index (χ1) is 21.0. The molecule has 5 aliphatic rings. The maximum Gasteiger partial charge on any atom is 0.331 e. The minimum atomic E-state index is -0.742. The van der Waals surface area contributed by atoms with Crippen molar-refractivity contribution in [3.63, 3.8) is 0 Å². The van der Waals surface area contributed by atoms with Crippen LogP contribution in [0.2, 0.25) is 0 Å². The molecule has 5 nitrogen and oxygen atoms in total. The van der Waals surface area contributed by atoms with Gasteiger partial charge in [0.2, 0.25) is 0 Å². The molecule has 6 rings (SSSR count). The van der Waals surface area contributed by atoms with Crippen LogP contribution in [-0.2, 0) is 9.53 Å². The van der Waals surface area contributed by atoms with Gasteiger partial charge in [-0.1, -0.05) is 52.8 Å². The molecule has 2 spiro atoms. The molecule has 5 heteroatoms. The molecule has 5 saturated carbocycles. The van der Waals surface area contributed by atoms with Gasteiger partial charge in [-0.05, 0) is 147 Å². The van der Waals surface area contributed by atoms with Crippen LogP contribution in [0.15, 0.2) is 36.4 Å². The van der Waals surface area contributed by atoms with Crippen molar-refractivity contribution in [2.45, 2.75) is 124 Å². The Balaban J connectivity index is 1.15. The van der Waals surface area contributed by atoms with Crippen LogP contribution in [0.3, 0.4) is 0 Å². The summed E-state index contributed by atoms with van der Waals surface area (Å²) in [5.74, 6) is 2.93. The second kappa shape index (κ2) is 10.9. The molecular formula is C40H58O5. The fourth-order valence-electron chi connectivity index (χ4n) is 12.4. The molecule has 248 valence electrons. The summed E-state index contributed by atoms with van der Waals surface area (Å²) in [5.41, 5.74) is 1.62. The van der Waals surface area contributed by atoms with Crippen LogP contribution in [0, 0.1) is 50.7 Å². The normalized spacial score (nSPS) is 40.7. The van der Waals surface area contributed by atoms with Gasteiger partial charge < -0.3 is 19.7 Å². The van der Waals surface area contributed by atoms with Gasteiger partial charge in [-0.15, -0.1) is 0 Å². The Morgan fingerprint density at radius 1 is 1.00 bits per heavy atom. The van der Waals surface area contributed by atoms with Crippen molar-refractivity contribution in [3.8, 4) is 11.5 Å². The number of methoxy groups -OCH3 is 1. The van der Waals surface area contributed by atoms with Gasteiger partial charge in [0.05, 0.1) is 12.7 Å². The first-order valence-corrected chi connectivity index (χ1v) is 17.7. The van der Waals surface area contributed by atoms with Crippen LogP contribution in [0.5, 0.6) is 11.5 Å². The van der Waals surface area contributed by atoms with E-state index in [1.54, 1.807) is 24.3 Å².